The molecule has 1 amide bonds. The summed E-state index contributed by atoms with van der Waals surface area (Å²) in [5.41, 5.74) is 3.43. The standard InChI is InChI=1S/C23H17ClN2O2/c1-15-5-12-19-20(25-15)3-2-4-21(19)26-23(27)14-11-18-10-13-22(28-18)16-6-8-17(24)9-7-16/h2-14H,1H3,(H,26,27)/b14-11+. The highest BCUT2D eigenvalue weighted by Crippen LogP contribution is 2.25. The lowest BCUT2D eigenvalue weighted by Gasteiger charge is -2.07. The van der Waals surface area contributed by atoms with Gasteiger partial charge in [-0.15, -0.1) is 0 Å². The van der Waals surface area contributed by atoms with Crippen LogP contribution >= 0.6 is 11.6 Å². The minimum Gasteiger partial charge on any atom is -0.457 e. The van der Waals surface area contributed by atoms with Crippen LogP contribution in [0.15, 0.2) is 77.2 Å². The fraction of sp³-hybridized carbons (Fsp3) is 0.0435. The molecule has 0 unspecified atom stereocenters. The summed E-state index contributed by atoms with van der Waals surface area (Å²) in [7, 11) is 0. The number of halogens is 1. The number of pyridine rings is 1. The smallest absolute Gasteiger partial charge is 0.248 e. The van der Waals surface area contributed by atoms with E-state index in [1.807, 2.05) is 73.7 Å². The average molecular weight is 389 g/mol. The van der Waals surface area contributed by atoms with E-state index >= 15 is 0 Å². The molecule has 0 saturated carbocycles. The van der Waals surface area contributed by atoms with E-state index in [1.165, 1.54) is 6.08 Å². The first-order valence-corrected chi connectivity index (χ1v) is 9.17. The molecule has 0 atom stereocenters. The van der Waals surface area contributed by atoms with E-state index in [0.29, 0.717) is 16.5 Å². The van der Waals surface area contributed by atoms with Gasteiger partial charge in [-0.1, -0.05) is 17.7 Å². The van der Waals surface area contributed by atoms with Crippen LogP contribution < -0.4 is 5.32 Å². The van der Waals surface area contributed by atoms with Crippen LogP contribution in [0, 0.1) is 6.92 Å². The Morgan fingerprint density at radius 1 is 1.04 bits per heavy atom. The molecule has 2 aromatic heterocycles. The van der Waals surface area contributed by atoms with Crippen molar-refractivity contribution in [2.45, 2.75) is 6.92 Å². The number of amides is 1. The van der Waals surface area contributed by atoms with Gasteiger partial charge in [-0.3, -0.25) is 9.78 Å². The largest absolute Gasteiger partial charge is 0.457 e. The van der Waals surface area contributed by atoms with Crippen LogP contribution in [0.2, 0.25) is 5.02 Å². The van der Waals surface area contributed by atoms with Crippen LogP contribution in [0.4, 0.5) is 5.69 Å². The number of hydrogen-bond donors (Lipinski definition) is 1. The Hall–Kier alpha value is -3.37. The first-order chi connectivity index (χ1) is 13.6. The summed E-state index contributed by atoms with van der Waals surface area (Å²) >= 11 is 5.91. The number of aryl methyl sites for hydroxylation is 1. The molecule has 0 aliphatic carbocycles. The highest BCUT2D eigenvalue weighted by Gasteiger charge is 2.06. The molecule has 4 rings (SSSR count). The number of nitrogens with one attached hydrogen (secondary N) is 1. The van der Waals surface area contributed by atoms with Crippen molar-refractivity contribution >= 4 is 40.2 Å². The number of furan rings is 1. The number of fused-ring (bicyclic) bond motifs is 1. The highest BCUT2D eigenvalue weighted by molar-refractivity contribution is 6.30. The van der Waals surface area contributed by atoms with Crippen molar-refractivity contribution in [1.82, 2.24) is 4.98 Å². The third kappa shape index (κ3) is 3.97. The van der Waals surface area contributed by atoms with Crippen molar-refractivity contribution in [3.8, 4) is 11.3 Å². The van der Waals surface area contributed by atoms with Gasteiger partial charge in [0.1, 0.15) is 11.5 Å². The maximum absolute atomic E-state index is 12.3. The maximum atomic E-state index is 12.3. The van der Waals surface area contributed by atoms with Crippen molar-refractivity contribution in [2.75, 3.05) is 5.32 Å². The summed E-state index contributed by atoms with van der Waals surface area (Å²) in [6, 6.07) is 20.6. The highest BCUT2D eigenvalue weighted by atomic mass is 35.5. The zero-order chi connectivity index (χ0) is 19.5. The lowest BCUT2D eigenvalue weighted by Crippen LogP contribution is -2.08. The molecule has 2 heterocycles. The predicted octanol–water partition coefficient (Wildman–Crippen LogP) is 6.11. The zero-order valence-electron chi connectivity index (χ0n) is 15.1. The van der Waals surface area contributed by atoms with Gasteiger partial charge in [0.25, 0.3) is 0 Å². The monoisotopic (exact) mass is 388 g/mol. The second kappa shape index (κ2) is 7.71. The molecule has 0 aliphatic heterocycles. The van der Waals surface area contributed by atoms with Crippen LogP contribution in [0.25, 0.3) is 28.3 Å². The molecular formula is C23H17ClN2O2. The van der Waals surface area contributed by atoms with Gasteiger partial charge in [0.15, 0.2) is 0 Å². The lowest BCUT2D eigenvalue weighted by molar-refractivity contribution is -0.111. The Morgan fingerprint density at radius 2 is 1.86 bits per heavy atom. The van der Waals surface area contributed by atoms with E-state index in [9.17, 15) is 4.79 Å². The summed E-state index contributed by atoms with van der Waals surface area (Å²) in [4.78, 5) is 16.8. The van der Waals surface area contributed by atoms with Crippen molar-refractivity contribution in [2.24, 2.45) is 0 Å². The van der Waals surface area contributed by atoms with Gasteiger partial charge in [0.2, 0.25) is 5.91 Å². The van der Waals surface area contributed by atoms with E-state index in [0.717, 1.165) is 27.8 Å². The van der Waals surface area contributed by atoms with Crippen LogP contribution in [-0.2, 0) is 4.79 Å². The maximum Gasteiger partial charge on any atom is 0.248 e. The van der Waals surface area contributed by atoms with E-state index in [4.69, 9.17) is 16.0 Å². The lowest BCUT2D eigenvalue weighted by atomic mass is 10.1. The third-order valence-corrected chi connectivity index (χ3v) is 4.54. The van der Waals surface area contributed by atoms with Crippen LogP contribution in [-0.4, -0.2) is 10.9 Å². The summed E-state index contributed by atoms with van der Waals surface area (Å²) < 4.78 is 5.77. The molecule has 0 radical (unpaired) electrons. The Morgan fingerprint density at radius 3 is 2.68 bits per heavy atom. The first kappa shape index (κ1) is 18.0. The van der Waals surface area contributed by atoms with Gasteiger partial charge in [-0.25, -0.2) is 0 Å². The molecule has 4 aromatic rings. The predicted molar refractivity (Wildman–Crippen MR) is 113 cm³/mol. The van der Waals surface area contributed by atoms with Crippen LogP contribution in [0.1, 0.15) is 11.5 Å². The second-order valence-electron chi connectivity index (χ2n) is 6.36. The minimum absolute atomic E-state index is 0.238. The van der Waals surface area contributed by atoms with E-state index in [-0.39, 0.29) is 5.91 Å². The second-order valence-corrected chi connectivity index (χ2v) is 6.79. The Kier molecular flexibility index (Phi) is 4.96. The molecule has 0 aliphatic rings. The van der Waals surface area contributed by atoms with Crippen molar-refractivity contribution < 1.29 is 9.21 Å². The zero-order valence-corrected chi connectivity index (χ0v) is 15.9. The number of aromatic nitrogens is 1. The average Bonchev–Trinajstić information content (AvgIpc) is 3.16. The molecule has 0 saturated heterocycles. The fourth-order valence-corrected chi connectivity index (χ4v) is 3.04. The number of nitrogens with zero attached hydrogens (tertiary/aromatic N) is 1. The van der Waals surface area contributed by atoms with E-state index in [1.54, 1.807) is 6.08 Å². The van der Waals surface area contributed by atoms with Gasteiger partial charge in [0, 0.05) is 27.7 Å². The molecule has 0 fully saturated rings. The number of carbonyl (C=O) groups excluding carboxylic acids is 1. The molecule has 4 nitrogen and oxygen atoms in total. The van der Waals surface area contributed by atoms with Gasteiger partial charge < -0.3 is 9.73 Å². The third-order valence-electron chi connectivity index (χ3n) is 4.28. The summed E-state index contributed by atoms with van der Waals surface area (Å²) in [5.74, 6) is 1.07. The summed E-state index contributed by atoms with van der Waals surface area (Å²) in [6.45, 7) is 1.94. The number of carbonyl (C=O) groups is 1. The molecule has 5 heteroatoms. The Labute approximate surface area is 167 Å². The van der Waals surface area contributed by atoms with Crippen LogP contribution in [0.5, 0.6) is 0 Å². The van der Waals surface area contributed by atoms with Gasteiger partial charge >= 0.3 is 0 Å². The topological polar surface area (TPSA) is 55.1 Å². The van der Waals surface area contributed by atoms with Gasteiger partial charge in [-0.2, -0.15) is 0 Å². The number of hydrogen-bond acceptors (Lipinski definition) is 3. The molecule has 0 bridgehead atoms. The Bertz CT molecular complexity index is 1180. The van der Waals surface area contributed by atoms with E-state index in [2.05, 4.69) is 10.3 Å². The van der Waals surface area contributed by atoms with Gasteiger partial charge in [0.05, 0.1) is 11.2 Å². The van der Waals surface area contributed by atoms with Gasteiger partial charge in [-0.05, 0) is 73.7 Å². The number of rotatable bonds is 4. The molecular weight excluding hydrogens is 372 g/mol. The first-order valence-electron chi connectivity index (χ1n) is 8.80. The summed E-state index contributed by atoms with van der Waals surface area (Å²) in [6.07, 6.45) is 3.09. The molecule has 1 N–H and O–H groups in total. The minimum atomic E-state index is -0.238. The van der Waals surface area contributed by atoms with E-state index < -0.39 is 0 Å². The van der Waals surface area contributed by atoms with Crippen molar-refractivity contribution in [3.05, 3.63) is 89.3 Å². The number of benzene rings is 2. The fourth-order valence-electron chi connectivity index (χ4n) is 2.91. The Balaban J connectivity index is 1.49. The molecule has 2 aromatic carbocycles. The quantitative estimate of drug-likeness (QED) is 0.429. The normalized spacial score (nSPS) is 11.2. The molecule has 28 heavy (non-hydrogen) atoms. The SMILES string of the molecule is Cc1ccc2c(NC(=O)/C=C/c3ccc(-c4ccc(Cl)cc4)o3)cccc2n1. The van der Waals surface area contributed by atoms with Crippen molar-refractivity contribution in [3.63, 3.8) is 0 Å². The molecule has 138 valence electrons. The van der Waals surface area contributed by atoms with Crippen molar-refractivity contribution in [1.29, 1.82) is 0 Å². The van der Waals surface area contributed by atoms with Crippen LogP contribution in [0.3, 0.4) is 0 Å². The number of anilines is 1. The molecule has 0 spiro atoms. The summed E-state index contributed by atoms with van der Waals surface area (Å²) in [5, 5.41) is 4.47.